The Labute approximate surface area is 180 Å². The number of amides is 2. The summed E-state index contributed by atoms with van der Waals surface area (Å²) in [6, 6.07) is 5.19. The molecule has 30 heavy (non-hydrogen) atoms. The standard InChI is InChI=1S/C19H26N6O3S2/c26-19-22-10-14-24(19)13-9-21-18-20-8-7-15(23-18)16-5-6-17(29-16)30(27,28)25-11-3-1-2-4-12-25/h5-8H,1-4,9-14H2,(H,22,26)(H,20,21,23). The molecule has 11 heteroatoms. The molecule has 2 amide bonds. The van der Waals surface area contributed by atoms with Gasteiger partial charge in [0.25, 0.3) is 10.0 Å². The number of urea groups is 1. The molecule has 2 aliphatic heterocycles. The van der Waals surface area contributed by atoms with Gasteiger partial charge in [-0.1, -0.05) is 12.8 Å². The molecule has 2 fully saturated rings. The summed E-state index contributed by atoms with van der Waals surface area (Å²) in [7, 11) is -3.46. The average molecular weight is 451 g/mol. The Bertz CT molecular complexity index is 986. The summed E-state index contributed by atoms with van der Waals surface area (Å²) in [5.41, 5.74) is 0.675. The van der Waals surface area contributed by atoms with Crippen LogP contribution in [0.4, 0.5) is 10.7 Å². The first-order valence-corrected chi connectivity index (χ1v) is 12.5. The first-order chi connectivity index (χ1) is 14.5. The maximum absolute atomic E-state index is 13.0. The smallest absolute Gasteiger partial charge is 0.317 e. The minimum Gasteiger partial charge on any atom is -0.352 e. The molecule has 4 heterocycles. The highest BCUT2D eigenvalue weighted by atomic mass is 32.2. The zero-order chi connectivity index (χ0) is 21.0. The van der Waals surface area contributed by atoms with Crippen LogP contribution >= 0.6 is 11.3 Å². The van der Waals surface area contributed by atoms with E-state index in [1.54, 1.807) is 33.6 Å². The van der Waals surface area contributed by atoms with E-state index in [0.717, 1.165) is 30.6 Å². The lowest BCUT2D eigenvalue weighted by atomic mass is 10.2. The van der Waals surface area contributed by atoms with E-state index < -0.39 is 10.0 Å². The van der Waals surface area contributed by atoms with Crippen molar-refractivity contribution in [1.29, 1.82) is 0 Å². The van der Waals surface area contributed by atoms with Crippen LogP contribution in [0.2, 0.25) is 0 Å². The van der Waals surface area contributed by atoms with Gasteiger partial charge in [-0.05, 0) is 31.0 Å². The number of sulfonamides is 1. The largest absolute Gasteiger partial charge is 0.352 e. The maximum atomic E-state index is 13.0. The molecule has 0 unspecified atom stereocenters. The molecule has 2 aromatic heterocycles. The number of aromatic nitrogens is 2. The second kappa shape index (κ2) is 9.27. The summed E-state index contributed by atoms with van der Waals surface area (Å²) in [6.45, 7) is 3.65. The van der Waals surface area contributed by atoms with Crippen molar-refractivity contribution in [1.82, 2.24) is 24.5 Å². The highest BCUT2D eigenvalue weighted by Gasteiger charge is 2.27. The molecule has 0 radical (unpaired) electrons. The van der Waals surface area contributed by atoms with E-state index in [0.29, 0.717) is 55.1 Å². The van der Waals surface area contributed by atoms with Crippen LogP contribution in [0, 0.1) is 0 Å². The molecule has 2 saturated heterocycles. The highest BCUT2D eigenvalue weighted by Crippen LogP contribution is 2.32. The number of rotatable bonds is 7. The third-order valence-corrected chi connectivity index (χ3v) is 8.73. The number of anilines is 1. The third-order valence-electron chi connectivity index (χ3n) is 5.26. The summed E-state index contributed by atoms with van der Waals surface area (Å²) in [6.07, 6.45) is 5.65. The minimum absolute atomic E-state index is 0.0526. The molecule has 162 valence electrons. The van der Waals surface area contributed by atoms with E-state index in [1.807, 2.05) is 0 Å². The molecule has 0 aliphatic carbocycles. The molecule has 0 bridgehead atoms. The predicted molar refractivity (Wildman–Crippen MR) is 116 cm³/mol. The number of nitrogens with zero attached hydrogens (tertiary/aromatic N) is 4. The van der Waals surface area contributed by atoms with Crippen molar-refractivity contribution in [3.8, 4) is 10.6 Å². The van der Waals surface area contributed by atoms with Crippen molar-refractivity contribution in [2.24, 2.45) is 0 Å². The molecule has 0 spiro atoms. The SMILES string of the molecule is O=C1NCCN1CCNc1nccc(-c2ccc(S(=O)(=O)N3CCCCCC3)s2)n1. The highest BCUT2D eigenvalue weighted by molar-refractivity contribution is 7.91. The Morgan fingerprint density at radius 2 is 1.90 bits per heavy atom. The van der Waals surface area contributed by atoms with Gasteiger partial charge >= 0.3 is 6.03 Å². The Morgan fingerprint density at radius 1 is 1.10 bits per heavy atom. The van der Waals surface area contributed by atoms with Crippen LogP contribution in [0.3, 0.4) is 0 Å². The molecule has 4 rings (SSSR count). The van der Waals surface area contributed by atoms with Crippen LogP contribution in [0.25, 0.3) is 10.6 Å². The van der Waals surface area contributed by atoms with Gasteiger partial charge in [-0.2, -0.15) is 4.31 Å². The molecular formula is C19H26N6O3S2. The molecule has 0 atom stereocenters. The van der Waals surface area contributed by atoms with Crippen LogP contribution in [0.15, 0.2) is 28.6 Å². The van der Waals surface area contributed by atoms with Crippen molar-refractivity contribution in [3.63, 3.8) is 0 Å². The van der Waals surface area contributed by atoms with Gasteiger partial charge < -0.3 is 15.5 Å². The third kappa shape index (κ3) is 4.73. The van der Waals surface area contributed by atoms with Crippen molar-refractivity contribution < 1.29 is 13.2 Å². The molecule has 2 N–H and O–H groups in total. The van der Waals surface area contributed by atoms with Crippen LogP contribution in [0.1, 0.15) is 25.7 Å². The van der Waals surface area contributed by atoms with Gasteiger partial charge in [-0.15, -0.1) is 11.3 Å². The van der Waals surface area contributed by atoms with Crippen molar-refractivity contribution in [3.05, 3.63) is 24.4 Å². The van der Waals surface area contributed by atoms with Crippen LogP contribution in [0.5, 0.6) is 0 Å². The Kier molecular flexibility index (Phi) is 6.49. The van der Waals surface area contributed by atoms with Crippen LogP contribution < -0.4 is 10.6 Å². The number of hydrogen-bond acceptors (Lipinski definition) is 7. The van der Waals surface area contributed by atoms with E-state index in [1.165, 1.54) is 11.3 Å². The second-order valence-electron chi connectivity index (χ2n) is 7.35. The first-order valence-electron chi connectivity index (χ1n) is 10.2. The number of thiophene rings is 1. The van der Waals surface area contributed by atoms with E-state index >= 15 is 0 Å². The van der Waals surface area contributed by atoms with Crippen molar-refractivity contribution >= 4 is 33.3 Å². The summed E-state index contributed by atoms with van der Waals surface area (Å²) in [5, 5.41) is 5.90. The molecule has 2 aromatic rings. The Balaban J connectivity index is 1.42. The Morgan fingerprint density at radius 3 is 2.63 bits per heavy atom. The zero-order valence-electron chi connectivity index (χ0n) is 16.7. The summed E-state index contributed by atoms with van der Waals surface area (Å²) in [5.74, 6) is 0.456. The lowest BCUT2D eigenvalue weighted by molar-refractivity contribution is 0.219. The van der Waals surface area contributed by atoms with Gasteiger partial charge in [-0.25, -0.2) is 23.2 Å². The zero-order valence-corrected chi connectivity index (χ0v) is 18.3. The number of carbonyl (C=O) groups excluding carboxylic acids is 1. The average Bonchev–Trinajstić information content (AvgIpc) is 3.30. The fourth-order valence-corrected chi connectivity index (χ4v) is 6.56. The fraction of sp³-hybridized carbons (Fsp3) is 0.526. The van der Waals surface area contributed by atoms with Crippen LogP contribution in [-0.2, 0) is 10.0 Å². The second-order valence-corrected chi connectivity index (χ2v) is 10.6. The van der Waals surface area contributed by atoms with E-state index in [-0.39, 0.29) is 6.03 Å². The van der Waals surface area contributed by atoms with Crippen LogP contribution in [-0.4, -0.2) is 72.9 Å². The van der Waals surface area contributed by atoms with Gasteiger partial charge in [0.2, 0.25) is 5.95 Å². The molecule has 0 saturated carbocycles. The molecular weight excluding hydrogens is 424 g/mol. The fourth-order valence-electron chi connectivity index (χ4n) is 3.61. The summed E-state index contributed by atoms with van der Waals surface area (Å²) >= 11 is 1.24. The van der Waals surface area contributed by atoms with Gasteiger partial charge in [0.15, 0.2) is 0 Å². The molecule has 9 nitrogen and oxygen atoms in total. The van der Waals surface area contributed by atoms with Gasteiger partial charge in [0, 0.05) is 45.5 Å². The molecule has 0 aromatic carbocycles. The van der Waals surface area contributed by atoms with Gasteiger partial charge in [-0.3, -0.25) is 0 Å². The lowest BCUT2D eigenvalue weighted by Crippen LogP contribution is -2.32. The summed E-state index contributed by atoms with van der Waals surface area (Å²) in [4.78, 5) is 22.8. The van der Waals surface area contributed by atoms with Crippen molar-refractivity contribution in [2.45, 2.75) is 29.9 Å². The number of nitrogens with one attached hydrogen (secondary N) is 2. The topological polar surface area (TPSA) is 108 Å². The predicted octanol–water partition coefficient (Wildman–Crippen LogP) is 2.21. The Hall–Kier alpha value is -2.24. The maximum Gasteiger partial charge on any atom is 0.317 e. The minimum atomic E-state index is -3.46. The van der Waals surface area contributed by atoms with Gasteiger partial charge in [0.05, 0.1) is 10.6 Å². The van der Waals surface area contributed by atoms with E-state index in [4.69, 9.17) is 0 Å². The monoisotopic (exact) mass is 450 g/mol. The van der Waals surface area contributed by atoms with E-state index in [9.17, 15) is 13.2 Å². The number of carbonyl (C=O) groups is 1. The molecule has 2 aliphatic rings. The number of hydrogen-bond donors (Lipinski definition) is 2. The summed E-state index contributed by atoms with van der Waals surface area (Å²) < 4.78 is 28.0. The van der Waals surface area contributed by atoms with E-state index in [2.05, 4.69) is 20.6 Å². The van der Waals surface area contributed by atoms with Crippen molar-refractivity contribution in [2.75, 3.05) is 44.6 Å². The normalized spacial score (nSPS) is 18.3. The lowest BCUT2D eigenvalue weighted by Gasteiger charge is -2.18. The quantitative estimate of drug-likeness (QED) is 0.670. The van der Waals surface area contributed by atoms with Gasteiger partial charge in [0.1, 0.15) is 4.21 Å². The first kappa shape index (κ1) is 21.0.